The van der Waals surface area contributed by atoms with Crippen LogP contribution >= 0.6 is 0 Å². The van der Waals surface area contributed by atoms with Crippen LogP contribution in [0, 0.1) is 5.92 Å². The summed E-state index contributed by atoms with van der Waals surface area (Å²) in [4.78, 5) is 14.1. The van der Waals surface area contributed by atoms with Gasteiger partial charge in [-0.05, 0) is 12.8 Å². The molecule has 0 aliphatic heterocycles. The molecule has 0 saturated heterocycles. The third kappa shape index (κ3) is 1.26. The van der Waals surface area contributed by atoms with E-state index in [-0.39, 0.29) is 17.9 Å². The van der Waals surface area contributed by atoms with Crippen LogP contribution in [0.15, 0.2) is 4.99 Å². The highest BCUT2D eigenvalue weighted by atomic mass is 16.1. The Hall–Kier alpha value is -1.06. The zero-order chi connectivity index (χ0) is 7.56. The Morgan fingerprint density at radius 3 is 2.50 bits per heavy atom. The first kappa shape index (κ1) is 7.05. The van der Waals surface area contributed by atoms with Crippen molar-refractivity contribution >= 4 is 12.2 Å². The van der Waals surface area contributed by atoms with E-state index in [2.05, 4.69) is 4.99 Å². The molecule has 0 bridgehead atoms. The van der Waals surface area contributed by atoms with E-state index < -0.39 is 0 Å². The molecule has 56 valence electrons. The maximum Gasteiger partial charge on any atom is 0.186 e. The van der Waals surface area contributed by atoms with Crippen molar-refractivity contribution in [1.82, 2.24) is 0 Å². The second-order valence-corrected chi connectivity index (χ2v) is 2.50. The lowest BCUT2D eigenvalue weighted by Crippen LogP contribution is -2.35. The standard InChI is InChI=1S/C6H11N3O/c7-6(8)9-5-2-1-4(5)3-10/h3-5H,1-2H2,(H4,7,8,9)/t4-,5+/m1/s1. The van der Waals surface area contributed by atoms with Crippen molar-refractivity contribution in [2.45, 2.75) is 18.9 Å². The molecule has 0 unspecified atom stereocenters. The summed E-state index contributed by atoms with van der Waals surface area (Å²) in [6, 6.07) is 0.0579. The first-order valence-electron chi connectivity index (χ1n) is 3.28. The van der Waals surface area contributed by atoms with Gasteiger partial charge in [-0.1, -0.05) is 0 Å². The van der Waals surface area contributed by atoms with E-state index in [0.29, 0.717) is 0 Å². The van der Waals surface area contributed by atoms with Gasteiger partial charge in [0, 0.05) is 5.92 Å². The van der Waals surface area contributed by atoms with Crippen LogP contribution in [0.5, 0.6) is 0 Å². The van der Waals surface area contributed by atoms with Gasteiger partial charge < -0.3 is 16.3 Å². The average Bonchev–Trinajstić information content (AvgIpc) is 1.82. The summed E-state index contributed by atoms with van der Waals surface area (Å²) in [5.74, 6) is 0.138. The van der Waals surface area contributed by atoms with Crippen molar-refractivity contribution in [2.75, 3.05) is 0 Å². The van der Waals surface area contributed by atoms with E-state index >= 15 is 0 Å². The van der Waals surface area contributed by atoms with Gasteiger partial charge in [0.1, 0.15) is 6.29 Å². The molecule has 1 aliphatic rings. The van der Waals surface area contributed by atoms with Crippen LogP contribution in [0.3, 0.4) is 0 Å². The van der Waals surface area contributed by atoms with E-state index in [1.54, 1.807) is 0 Å². The minimum Gasteiger partial charge on any atom is -0.370 e. The predicted molar refractivity (Wildman–Crippen MR) is 38.4 cm³/mol. The summed E-state index contributed by atoms with van der Waals surface area (Å²) >= 11 is 0. The molecule has 2 atom stereocenters. The number of guanidine groups is 1. The fraction of sp³-hybridized carbons (Fsp3) is 0.667. The first-order valence-corrected chi connectivity index (χ1v) is 3.28. The highest BCUT2D eigenvalue weighted by Gasteiger charge is 2.29. The van der Waals surface area contributed by atoms with Gasteiger partial charge in [-0.3, -0.25) is 0 Å². The number of aliphatic imine (C=N–C) groups is 1. The molecule has 1 rings (SSSR count). The molecule has 10 heavy (non-hydrogen) atoms. The third-order valence-corrected chi connectivity index (χ3v) is 1.78. The summed E-state index contributed by atoms with van der Waals surface area (Å²) in [6.45, 7) is 0. The number of rotatable bonds is 2. The zero-order valence-corrected chi connectivity index (χ0v) is 5.66. The molecule has 4 heteroatoms. The van der Waals surface area contributed by atoms with Crippen LogP contribution < -0.4 is 11.5 Å². The number of hydrogen-bond acceptors (Lipinski definition) is 2. The highest BCUT2D eigenvalue weighted by Crippen LogP contribution is 2.27. The van der Waals surface area contributed by atoms with Crippen molar-refractivity contribution < 1.29 is 4.79 Å². The molecule has 1 fully saturated rings. The number of hydrogen-bond donors (Lipinski definition) is 2. The average molecular weight is 141 g/mol. The molecule has 1 aliphatic carbocycles. The molecule has 0 spiro atoms. The molecular weight excluding hydrogens is 130 g/mol. The smallest absolute Gasteiger partial charge is 0.186 e. The van der Waals surface area contributed by atoms with Crippen molar-refractivity contribution in [3.63, 3.8) is 0 Å². The van der Waals surface area contributed by atoms with Crippen molar-refractivity contribution in [3.05, 3.63) is 0 Å². The molecule has 0 heterocycles. The number of aldehydes is 1. The minimum absolute atomic E-state index is 0.0575. The van der Waals surface area contributed by atoms with E-state index in [1.165, 1.54) is 0 Å². The van der Waals surface area contributed by atoms with Crippen LogP contribution in [-0.4, -0.2) is 18.3 Å². The Labute approximate surface area is 59.3 Å². The predicted octanol–water partition coefficient (Wildman–Crippen LogP) is -0.763. The Bertz CT molecular complexity index is 162. The molecule has 0 radical (unpaired) electrons. The number of carbonyl (C=O) groups is 1. The van der Waals surface area contributed by atoms with Gasteiger partial charge >= 0.3 is 0 Å². The lowest BCUT2D eigenvalue weighted by molar-refractivity contribution is -0.113. The van der Waals surface area contributed by atoms with Crippen LogP contribution in [0.4, 0.5) is 0 Å². The van der Waals surface area contributed by atoms with E-state index in [1.807, 2.05) is 0 Å². The fourth-order valence-corrected chi connectivity index (χ4v) is 1.02. The number of carbonyl (C=O) groups excluding carboxylic acids is 1. The van der Waals surface area contributed by atoms with Gasteiger partial charge in [0.05, 0.1) is 6.04 Å². The maximum atomic E-state index is 10.2. The van der Waals surface area contributed by atoms with Gasteiger partial charge in [0.2, 0.25) is 0 Å². The largest absolute Gasteiger partial charge is 0.370 e. The summed E-state index contributed by atoms with van der Waals surface area (Å²) in [5.41, 5.74) is 10.3. The zero-order valence-electron chi connectivity index (χ0n) is 5.66. The summed E-state index contributed by atoms with van der Waals surface area (Å²) in [5, 5.41) is 0. The van der Waals surface area contributed by atoms with Crippen LogP contribution in [0.25, 0.3) is 0 Å². The van der Waals surface area contributed by atoms with Crippen molar-refractivity contribution in [1.29, 1.82) is 0 Å². The van der Waals surface area contributed by atoms with Gasteiger partial charge in [0.25, 0.3) is 0 Å². The molecule has 0 aromatic rings. The molecule has 4 nitrogen and oxygen atoms in total. The third-order valence-electron chi connectivity index (χ3n) is 1.78. The lowest BCUT2D eigenvalue weighted by Gasteiger charge is -2.28. The molecule has 0 aromatic heterocycles. The van der Waals surface area contributed by atoms with Crippen LogP contribution in [0.1, 0.15) is 12.8 Å². The monoisotopic (exact) mass is 141 g/mol. The Morgan fingerprint density at radius 2 is 2.20 bits per heavy atom. The molecule has 1 saturated carbocycles. The van der Waals surface area contributed by atoms with Crippen LogP contribution in [0.2, 0.25) is 0 Å². The van der Waals surface area contributed by atoms with E-state index in [9.17, 15) is 4.79 Å². The molecule has 0 aromatic carbocycles. The second-order valence-electron chi connectivity index (χ2n) is 2.50. The Balaban J connectivity index is 2.43. The quantitative estimate of drug-likeness (QED) is 0.301. The normalized spacial score (nSPS) is 30.4. The molecular formula is C6H11N3O. The summed E-state index contributed by atoms with van der Waals surface area (Å²) in [6.07, 6.45) is 2.77. The number of nitrogens with two attached hydrogens (primary N) is 2. The minimum atomic E-state index is 0.0575. The van der Waals surface area contributed by atoms with Gasteiger partial charge in [-0.2, -0.15) is 0 Å². The summed E-state index contributed by atoms with van der Waals surface area (Å²) < 4.78 is 0. The maximum absolute atomic E-state index is 10.2. The van der Waals surface area contributed by atoms with Gasteiger partial charge in [-0.25, -0.2) is 4.99 Å². The van der Waals surface area contributed by atoms with Crippen molar-refractivity contribution in [3.8, 4) is 0 Å². The fourth-order valence-electron chi connectivity index (χ4n) is 1.02. The Kier molecular flexibility index (Phi) is 1.89. The van der Waals surface area contributed by atoms with Gasteiger partial charge in [-0.15, -0.1) is 0 Å². The number of nitrogens with zero attached hydrogens (tertiary/aromatic N) is 1. The second kappa shape index (κ2) is 2.68. The van der Waals surface area contributed by atoms with E-state index in [4.69, 9.17) is 11.5 Å². The van der Waals surface area contributed by atoms with Crippen molar-refractivity contribution in [2.24, 2.45) is 22.4 Å². The van der Waals surface area contributed by atoms with E-state index in [0.717, 1.165) is 19.1 Å². The highest BCUT2D eigenvalue weighted by molar-refractivity contribution is 5.76. The van der Waals surface area contributed by atoms with Gasteiger partial charge in [0.15, 0.2) is 5.96 Å². The first-order chi connectivity index (χ1) is 4.74. The van der Waals surface area contributed by atoms with Crippen LogP contribution in [-0.2, 0) is 4.79 Å². The molecule has 0 amide bonds. The lowest BCUT2D eigenvalue weighted by atomic mass is 9.81. The topological polar surface area (TPSA) is 81.5 Å². The Morgan fingerprint density at radius 1 is 1.50 bits per heavy atom. The summed E-state index contributed by atoms with van der Waals surface area (Å²) in [7, 11) is 0. The molecule has 4 N–H and O–H groups in total. The SMILES string of the molecule is NC(N)=N[C@H]1CC[C@@H]1C=O.